The van der Waals surface area contributed by atoms with Crippen molar-refractivity contribution < 1.29 is 9.53 Å². The smallest absolute Gasteiger partial charge is 0.264 e. The molecule has 5 nitrogen and oxygen atoms in total. The molecule has 3 aromatic rings. The van der Waals surface area contributed by atoms with E-state index in [-0.39, 0.29) is 12.5 Å². The number of carbonyl (C=O) groups is 1. The Bertz CT molecular complexity index is 829. The van der Waals surface area contributed by atoms with E-state index in [4.69, 9.17) is 4.74 Å². The lowest BCUT2D eigenvalue weighted by molar-refractivity contribution is -0.118. The summed E-state index contributed by atoms with van der Waals surface area (Å²) >= 11 is 1.43. The van der Waals surface area contributed by atoms with Gasteiger partial charge in [-0.15, -0.1) is 0 Å². The SMILES string of the molecule is Cc1ccc(OCC(=O)Nc2nc(C)c(-c3cccnc3)s2)cc1. The molecule has 0 aliphatic carbocycles. The molecule has 0 unspecified atom stereocenters. The number of nitrogens with one attached hydrogen (secondary N) is 1. The Morgan fingerprint density at radius 3 is 2.71 bits per heavy atom. The third-order valence-electron chi connectivity index (χ3n) is 3.36. The van der Waals surface area contributed by atoms with E-state index in [1.54, 1.807) is 12.4 Å². The van der Waals surface area contributed by atoms with Gasteiger partial charge in [-0.2, -0.15) is 0 Å². The third kappa shape index (κ3) is 3.97. The van der Waals surface area contributed by atoms with Crippen molar-refractivity contribution in [2.45, 2.75) is 13.8 Å². The quantitative estimate of drug-likeness (QED) is 0.767. The van der Waals surface area contributed by atoms with E-state index < -0.39 is 0 Å². The molecule has 0 aliphatic rings. The molecular formula is C18H17N3O2S. The Kier molecular flexibility index (Phi) is 4.86. The molecule has 24 heavy (non-hydrogen) atoms. The molecule has 0 spiro atoms. The lowest BCUT2D eigenvalue weighted by Gasteiger charge is -2.05. The predicted octanol–water partition coefficient (Wildman–Crippen LogP) is 3.84. The Balaban J connectivity index is 1.61. The lowest BCUT2D eigenvalue weighted by Crippen LogP contribution is -2.20. The molecular weight excluding hydrogens is 322 g/mol. The molecule has 1 amide bonds. The maximum atomic E-state index is 12.0. The zero-order chi connectivity index (χ0) is 16.9. The van der Waals surface area contributed by atoms with E-state index in [0.29, 0.717) is 10.9 Å². The number of pyridine rings is 1. The summed E-state index contributed by atoms with van der Waals surface area (Å²) in [6.45, 7) is 3.86. The standard InChI is InChI=1S/C18H17N3O2S/c1-12-5-7-15(8-6-12)23-11-16(22)21-18-20-13(2)17(24-18)14-4-3-9-19-10-14/h3-10H,11H2,1-2H3,(H,20,21,22). The number of hydrogen-bond donors (Lipinski definition) is 1. The normalized spacial score (nSPS) is 10.4. The number of rotatable bonds is 5. The van der Waals surface area contributed by atoms with Crippen molar-refractivity contribution in [1.29, 1.82) is 0 Å². The maximum Gasteiger partial charge on any atom is 0.264 e. The van der Waals surface area contributed by atoms with Crippen molar-refractivity contribution in [2.24, 2.45) is 0 Å². The lowest BCUT2D eigenvalue weighted by atomic mass is 10.2. The molecule has 3 rings (SSSR count). The second-order valence-electron chi connectivity index (χ2n) is 5.33. The number of thiazole rings is 1. The molecule has 0 radical (unpaired) electrons. The fourth-order valence-electron chi connectivity index (χ4n) is 2.15. The second-order valence-corrected chi connectivity index (χ2v) is 6.32. The Morgan fingerprint density at radius 1 is 1.21 bits per heavy atom. The molecule has 0 bridgehead atoms. The number of benzene rings is 1. The van der Waals surface area contributed by atoms with Gasteiger partial charge in [0.1, 0.15) is 5.75 Å². The van der Waals surface area contributed by atoms with Crippen LogP contribution in [0.25, 0.3) is 10.4 Å². The van der Waals surface area contributed by atoms with Gasteiger partial charge in [0.2, 0.25) is 0 Å². The number of nitrogens with zero attached hydrogens (tertiary/aromatic N) is 2. The summed E-state index contributed by atoms with van der Waals surface area (Å²) in [6.07, 6.45) is 3.51. The molecule has 122 valence electrons. The number of amides is 1. The van der Waals surface area contributed by atoms with E-state index in [2.05, 4.69) is 15.3 Å². The van der Waals surface area contributed by atoms with E-state index >= 15 is 0 Å². The monoisotopic (exact) mass is 339 g/mol. The first-order valence-electron chi connectivity index (χ1n) is 7.49. The zero-order valence-corrected chi connectivity index (χ0v) is 14.3. The van der Waals surface area contributed by atoms with Gasteiger partial charge in [0.05, 0.1) is 10.6 Å². The van der Waals surface area contributed by atoms with E-state index in [0.717, 1.165) is 21.7 Å². The van der Waals surface area contributed by atoms with Crippen molar-refractivity contribution in [3.8, 4) is 16.2 Å². The van der Waals surface area contributed by atoms with Gasteiger partial charge in [-0.1, -0.05) is 35.1 Å². The first-order valence-corrected chi connectivity index (χ1v) is 8.30. The van der Waals surface area contributed by atoms with Crippen LogP contribution in [0.15, 0.2) is 48.8 Å². The zero-order valence-electron chi connectivity index (χ0n) is 13.4. The fourth-order valence-corrected chi connectivity index (χ4v) is 3.13. The summed E-state index contributed by atoms with van der Waals surface area (Å²) in [4.78, 5) is 21.5. The molecule has 0 saturated heterocycles. The van der Waals surface area contributed by atoms with Gasteiger partial charge in [-0.05, 0) is 32.0 Å². The predicted molar refractivity (Wildman–Crippen MR) is 95.4 cm³/mol. The van der Waals surface area contributed by atoms with Gasteiger partial charge in [0, 0.05) is 18.0 Å². The van der Waals surface area contributed by atoms with Crippen molar-refractivity contribution in [2.75, 3.05) is 11.9 Å². The van der Waals surface area contributed by atoms with Crippen LogP contribution in [0.5, 0.6) is 5.75 Å². The maximum absolute atomic E-state index is 12.0. The van der Waals surface area contributed by atoms with Crippen LogP contribution < -0.4 is 10.1 Å². The summed E-state index contributed by atoms with van der Waals surface area (Å²) in [5, 5.41) is 3.34. The molecule has 0 atom stereocenters. The van der Waals surface area contributed by atoms with Gasteiger partial charge in [-0.25, -0.2) is 4.98 Å². The number of ether oxygens (including phenoxy) is 1. The summed E-state index contributed by atoms with van der Waals surface area (Å²) < 4.78 is 5.47. The van der Waals surface area contributed by atoms with Crippen LogP contribution in [0.4, 0.5) is 5.13 Å². The van der Waals surface area contributed by atoms with E-state index in [1.807, 2.05) is 50.2 Å². The van der Waals surface area contributed by atoms with Crippen molar-refractivity contribution in [3.63, 3.8) is 0 Å². The Hall–Kier alpha value is -2.73. The highest BCUT2D eigenvalue weighted by Crippen LogP contribution is 2.32. The van der Waals surface area contributed by atoms with Crippen LogP contribution in [0.1, 0.15) is 11.3 Å². The Morgan fingerprint density at radius 2 is 2.00 bits per heavy atom. The first-order chi connectivity index (χ1) is 11.6. The third-order valence-corrected chi connectivity index (χ3v) is 4.48. The van der Waals surface area contributed by atoms with Gasteiger partial charge >= 0.3 is 0 Å². The van der Waals surface area contributed by atoms with Crippen molar-refractivity contribution >= 4 is 22.4 Å². The second kappa shape index (κ2) is 7.23. The van der Waals surface area contributed by atoms with Gasteiger partial charge in [0.25, 0.3) is 5.91 Å². The number of carbonyl (C=O) groups excluding carboxylic acids is 1. The molecule has 0 aliphatic heterocycles. The first kappa shape index (κ1) is 16.1. The molecule has 2 heterocycles. The highest BCUT2D eigenvalue weighted by Gasteiger charge is 2.12. The van der Waals surface area contributed by atoms with Gasteiger partial charge in [-0.3, -0.25) is 15.1 Å². The minimum Gasteiger partial charge on any atom is -0.484 e. The van der Waals surface area contributed by atoms with Crippen molar-refractivity contribution in [1.82, 2.24) is 9.97 Å². The molecule has 1 N–H and O–H groups in total. The van der Waals surface area contributed by atoms with Gasteiger partial charge in [0.15, 0.2) is 11.7 Å². The van der Waals surface area contributed by atoms with Crippen LogP contribution in [-0.2, 0) is 4.79 Å². The van der Waals surface area contributed by atoms with Crippen LogP contribution in [0.3, 0.4) is 0 Å². The van der Waals surface area contributed by atoms with Crippen LogP contribution in [-0.4, -0.2) is 22.5 Å². The minimum atomic E-state index is -0.234. The number of anilines is 1. The number of hydrogen-bond acceptors (Lipinski definition) is 5. The van der Waals surface area contributed by atoms with Crippen molar-refractivity contribution in [3.05, 3.63) is 60.0 Å². The topological polar surface area (TPSA) is 64.1 Å². The average molecular weight is 339 g/mol. The van der Waals surface area contributed by atoms with Crippen LogP contribution in [0, 0.1) is 13.8 Å². The fraction of sp³-hybridized carbons (Fsp3) is 0.167. The highest BCUT2D eigenvalue weighted by molar-refractivity contribution is 7.19. The number of aryl methyl sites for hydroxylation is 2. The summed E-state index contributed by atoms with van der Waals surface area (Å²) in [6, 6.07) is 11.4. The summed E-state index contributed by atoms with van der Waals surface area (Å²) in [5.41, 5.74) is 3.00. The average Bonchev–Trinajstić information content (AvgIpc) is 2.95. The molecule has 2 aromatic heterocycles. The molecule has 1 aromatic carbocycles. The van der Waals surface area contributed by atoms with Crippen LogP contribution in [0.2, 0.25) is 0 Å². The number of aromatic nitrogens is 2. The largest absolute Gasteiger partial charge is 0.484 e. The van der Waals surface area contributed by atoms with E-state index in [9.17, 15) is 4.79 Å². The summed E-state index contributed by atoms with van der Waals surface area (Å²) in [5.74, 6) is 0.434. The highest BCUT2D eigenvalue weighted by atomic mass is 32.1. The van der Waals surface area contributed by atoms with Gasteiger partial charge < -0.3 is 4.74 Å². The molecule has 0 saturated carbocycles. The van der Waals surface area contributed by atoms with Crippen LogP contribution >= 0.6 is 11.3 Å². The molecule has 0 fully saturated rings. The Labute approximate surface area is 144 Å². The minimum absolute atomic E-state index is 0.0517. The molecule has 6 heteroatoms. The summed E-state index contributed by atoms with van der Waals surface area (Å²) in [7, 11) is 0. The van der Waals surface area contributed by atoms with E-state index in [1.165, 1.54) is 11.3 Å².